The number of unbranched alkanes of at least 4 members (excludes halogenated alkanes) is 1. The number of nitrogens with zero attached hydrogens (tertiary/aromatic N) is 1. The summed E-state index contributed by atoms with van der Waals surface area (Å²) in [6.45, 7) is 2.25. The van der Waals surface area contributed by atoms with E-state index < -0.39 is 0 Å². The predicted octanol–water partition coefficient (Wildman–Crippen LogP) is 14.8. The zero-order chi connectivity index (χ0) is 35.8. The number of aryl methyl sites for hydroxylation is 1. The Morgan fingerprint density at radius 1 is 0.426 bits per heavy atom. The Bertz CT molecular complexity index is 3240. The highest BCUT2D eigenvalue weighted by atomic mass is 16.3. The van der Waals surface area contributed by atoms with Crippen LogP contribution in [0.5, 0.6) is 0 Å². The highest BCUT2D eigenvalue weighted by Crippen LogP contribution is 2.43. The summed E-state index contributed by atoms with van der Waals surface area (Å²) in [5, 5.41) is 12.3. The molecule has 0 aliphatic rings. The van der Waals surface area contributed by atoms with Crippen LogP contribution in [0.4, 0.5) is 0 Å². The van der Waals surface area contributed by atoms with Crippen molar-refractivity contribution >= 4 is 76.1 Å². The van der Waals surface area contributed by atoms with Crippen molar-refractivity contribution in [2.45, 2.75) is 26.2 Å². The van der Waals surface area contributed by atoms with E-state index >= 15 is 0 Å². The van der Waals surface area contributed by atoms with Crippen molar-refractivity contribution in [2.24, 2.45) is 0 Å². The van der Waals surface area contributed by atoms with Crippen molar-refractivity contribution in [1.29, 1.82) is 0 Å². The van der Waals surface area contributed by atoms with E-state index in [2.05, 4.69) is 181 Å². The quantitative estimate of drug-likeness (QED) is 0.159. The molecule has 0 radical (unpaired) electrons. The van der Waals surface area contributed by atoms with Gasteiger partial charge in [-0.1, -0.05) is 135 Å². The van der Waals surface area contributed by atoms with Crippen molar-refractivity contribution in [3.05, 3.63) is 175 Å². The van der Waals surface area contributed by atoms with Crippen LogP contribution < -0.4 is 0 Å². The van der Waals surface area contributed by atoms with Crippen molar-refractivity contribution in [3.8, 4) is 27.9 Å². The maximum absolute atomic E-state index is 6.89. The zero-order valence-corrected chi connectivity index (χ0v) is 30.1. The van der Waals surface area contributed by atoms with Gasteiger partial charge in [0.2, 0.25) is 0 Å². The van der Waals surface area contributed by atoms with Crippen molar-refractivity contribution < 1.29 is 4.42 Å². The van der Waals surface area contributed by atoms with E-state index in [0.29, 0.717) is 0 Å². The number of hydrogen-bond donors (Lipinski definition) is 0. The molecule has 2 aromatic heterocycles. The Morgan fingerprint density at radius 3 is 1.69 bits per heavy atom. The molecule has 0 aliphatic heterocycles. The lowest BCUT2D eigenvalue weighted by Gasteiger charge is -2.10. The molecule has 0 spiro atoms. The molecule has 256 valence electrons. The maximum atomic E-state index is 6.89. The molecule has 0 aliphatic carbocycles. The summed E-state index contributed by atoms with van der Waals surface area (Å²) < 4.78 is 9.28. The Hall–Kier alpha value is -6.64. The SMILES string of the molecule is CCCCc1ccc(-c2ccc3c(c2)c2cc(-c4cccc5c4oc4cc6c7ccccc7c7ccccc7c6cc45)ccc2n3-c2ccccc2)cc1. The van der Waals surface area contributed by atoms with Crippen LogP contribution in [0.2, 0.25) is 0 Å². The second kappa shape index (κ2) is 12.2. The maximum Gasteiger partial charge on any atom is 0.143 e. The van der Waals surface area contributed by atoms with Gasteiger partial charge in [-0.2, -0.15) is 0 Å². The second-order valence-corrected chi connectivity index (χ2v) is 14.7. The van der Waals surface area contributed by atoms with Gasteiger partial charge in [-0.3, -0.25) is 0 Å². The molecular weight excluding hydrogens is 655 g/mol. The van der Waals surface area contributed by atoms with Gasteiger partial charge in [0.15, 0.2) is 0 Å². The van der Waals surface area contributed by atoms with E-state index in [1.54, 1.807) is 0 Å². The standard InChI is InChI=1S/C52H37NO/c1-2-3-12-33-21-23-34(24-22-33)35-25-27-49-46(29-35)47-30-36(26-28-50(47)53(49)37-13-5-4-6-14-37)38-19-11-20-43-48-31-44-41-17-9-7-15-39(41)40-16-8-10-18-42(40)45(44)32-51(48)54-52(38)43/h4-11,13-32H,2-3,12H2,1H3. The average Bonchev–Trinajstić information content (AvgIpc) is 3.77. The van der Waals surface area contributed by atoms with Crippen LogP contribution in [0.15, 0.2) is 174 Å². The van der Waals surface area contributed by atoms with Crippen LogP contribution in [0.3, 0.4) is 0 Å². The van der Waals surface area contributed by atoms with Gasteiger partial charge in [0.25, 0.3) is 0 Å². The molecule has 0 saturated carbocycles. The van der Waals surface area contributed by atoms with Gasteiger partial charge < -0.3 is 8.98 Å². The average molecular weight is 692 g/mol. The van der Waals surface area contributed by atoms with Crippen LogP contribution in [-0.4, -0.2) is 4.57 Å². The molecule has 0 bridgehead atoms. The number of hydrogen-bond acceptors (Lipinski definition) is 1. The van der Waals surface area contributed by atoms with Gasteiger partial charge in [0.1, 0.15) is 11.2 Å². The minimum absolute atomic E-state index is 0.914. The second-order valence-electron chi connectivity index (χ2n) is 14.7. The molecule has 2 heteroatoms. The van der Waals surface area contributed by atoms with E-state index in [4.69, 9.17) is 4.42 Å². The molecule has 2 heterocycles. The van der Waals surface area contributed by atoms with Gasteiger partial charge in [-0.25, -0.2) is 0 Å². The summed E-state index contributed by atoms with van der Waals surface area (Å²) >= 11 is 0. The number of aromatic nitrogens is 1. The molecule has 0 N–H and O–H groups in total. The fourth-order valence-electron chi connectivity index (χ4n) is 8.89. The first-order valence-electron chi connectivity index (χ1n) is 19.2. The van der Waals surface area contributed by atoms with E-state index in [0.717, 1.165) is 45.2 Å². The lowest BCUT2D eigenvalue weighted by atomic mass is 9.93. The highest BCUT2D eigenvalue weighted by Gasteiger charge is 2.19. The molecule has 9 aromatic carbocycles. The van der Waals surface area contributed by atoms with E-state index in [1.807, 2.05) is 0 Å². The summed E-state index contributed by atoms with van der Waals surface area (Å²) in [5.74, 6) is 0. The number of benzene rings is 9. The van der Waals surface area contributed by atoms with Crippen LogP contribution in [0, 0.1) is 0 Å². The molecule has 0 amide bonds. The molecule has 0 unspecified atom stereocenters. The fraction of sp³-hybridized carbons (Fsp3) is 0.0769. The van der Waals surface area contributed by atoms with Gasteiger partial charge in [-0.05, 0) is 116 Å². The summed E-state index contributed by atoms with van der Waals surface area (Å²) in [4.78, 5) is 0. The topological polar surface area (TPSA) is 18.1 Å². The van der Waals surface area contributed by atoms with Gasteiger partial charge in [0, 0.05) is 32.8 Å². The summed E-state index contributed by atoms with van der Waals surface area (Å²) in [6.07, 6.45) is 3.56. The lowest BCUT2D eigenvalue weighted by Crippen LogP contribution is -1.93. The third-order valence-corrected chi connectivity index (χ3v) is 11.6. The van der Waals surface area contributed by atoms with Gasteiger partial charge >= 0.3 is 0 Å². The highest BCUT2D eigenvalue weighted by molar-refractivity contribution is 6.28. The third kappa shape index (κ3) is 4.73. The smallest absolute Gasteiger partial charge is 0.143 e. The van der Waals surface area contributed by atoms with Crippen LogP contribution in [0.1, 0.15) is 25.3 Å². The van der Waals surface area contributed by atoms with Crippen LogP contribution >= 0.6 is 0 Å². The molecule has 11 rings (SSSR count). The Kier molecular flexibility index (Phi) is 7.00. The first-order chi connectivity index (χ1) is 26.7. The van der Waals surface area contributed by atoms with Crippen LogP contribution in [0.25, 0.3) is 104 Å². The van der Waals surface area contributed by atoms with Crippen LogP contribution in [-0.2, 0) is 6.42 Å². The molecular formula is C52H37NO. The molecule has 0 fully saturated rings. The van der Waals surface area contributed by atoms with Crippen molar-refractivity contribution in [2.75, 3.05) is 0 Å². The first kappa shape index (κ1) is 30.9. The van der Waals surface area contributed by atoms with Gasteiger partial charge in [-0.15, -0.1) is 0 Å². The number of furan rings is 1. The molecule has 0 atom stereocenters. The van der Waals surface area contributed by atoms with E-state index in [9.17, 15) is 0 Å². The monoisotopic (exact) mass is 691 g/mol. The summed E-state index contributed by atoms with van der Waals surface area (Å²) in [7, 11) is 0. The van der Waals surface area contributed by atoms with E-state index in [-0.39, 0.29) is 0 Å². The summed E-state index contributed by atoms with van der Waals surface area (Å²) in [6, 6.07) is 62.4. The Labute approximate surface area is 313 Å². The largest absolute Gasteiger partial charge is 0.455 e. The predicted molar refractivity (Wildman–Crippen MR) is 230 cm³/mol. The molecule has 2 nitrogen and oxygen atoms in total. The zero-order valence-electron chi connectivity index (χ0n) is 30.1. The number of para-hydroxylation sites is 2. The molecule has 0 saturated heterocycles. The number of fused-ring (bicyclic) bond motifs is 12. The van der Waals surface area contributed by atoms with Crippen molar-refractivity contribution in [3.63, 3.8) is 0 Å². The lowest BCUT2D eigenvalue weighted by molar-refractivity contribution is 0.670. The number of rotatable bonds is 6. The minimum atomic E-state index is 0.914. The Morgan fingerprint density at radius 2 is 1.00 bits per heavy atom. The normalized spacial score (nSPS) is 12.0. The third-order valence-electron chi connectivity index (χ3n) is 11.6. The fourth-order valence-corrected chi connectivity index (χ4v) is 8.89. The van der Waals surface area contributed by atoms with Crippen molar-refractivity contribution in [1.82, 2.24) is 4.57 Å². The first-order valence-corrected chi connectivity index (χ1v) is 19.2. The minimum Gasteiger partial charge on any atom is -0.455 e. The Balaban J connectivity index is 1.12. The molecule has 11 aromatic rings. The van der Waals surface area contributed by atoms with E-state index in [1.165, 1.54) is 83.7 Å². The van der Waals surface area contributed by atoms with Gasteiger partial charge in [0.05, 0.1) is 11.0 Å². The summed E-state index contributed by atoms with van der Waals surface area (Å²) in [5.41, 5.74) is 11.5. The molecule has 54 heavy (non-hydrogen) atoms.